The minimum Gasteiger partial charge on any atom is -0.497 e. The predicted octanol–water partition coefficient (Wildman–Crippen LogP) is 4.92. The maximum Gasteiger partial charge on any atom is 0.262 e. The van der Waals surface area contributed by atoms with E-state index >= 15 is 0 Å². The zero-order valence-electron chi connectivity index (χ0n) is 15.7. The van der Waals surface area contributed by atoms with E-state index in [-0.39, 0.29) is 18.4 Å². The van der Waals surface area contributed by atoms with Gasteiger partial charge in [-0.05, 0) is 48.2 Å². The second kappa shape index (κ2) is 8.94. The van der Waals surface area contributed by atoms with Gasteiger partial charge in [-0.1, -0.05) is 29.8 Å². The molecule has 2 rings (SSSR count). The van der Waals surface area contributed by atoms with Crippen molar-refractivity contribution in [2.75, 3.05) is 26.1 Å². The van der Waals surface area contributed by atoms with Crippen molar-refractivity contribution in [1.82, 2.24) is 0 Å². The van der Waals surface area contributed by atoms with Crippen LogP contribution in [0, 0.1) is 6.92 Å². The lowest BCUT2D eigenvalue weighted by molar-refractivity contribution is -0.118. The summed E-state index contributed by atoms with van der Waals surface area (Å²) in [6, 6.07) is 9.20. The quantitative estimate of drug-likeness (QED) is 0.689. The molecule has 0 saturated carbocycles. The lowest BCUT2D eigenvalue weighted by Crippen LogP contribution is -2.21. The van der Waals surface area contributed by atoms with E-state index in [4.69, 9.17) is 14.2 Å². The number of carbonyl (C=O) groups is 1. The van der Waals surface area contributed by atoms with Crippen LogP contribution in [0.3, 0.4) is 0 Å². The van der Waals surface area contributed by atoms with E-state index in [2.05, 4.69) is 35.1 Å². The van der Waals surface area contributed by atoms with E-state index in [9.17, 15) is 4.79 Å². The summed E-state index contributed by atoms with van der Waals surface area (Å²) in [7, 11) is 3.12. The minimum atomic E-state index is -0.271. The molecular formula is C20H24BrNO4. The first-order valence-corrected chi connectivity index (χ1v) is 9.09. The Labute approximate surface area is 162 Å². The van der Waals surface area contributed by atoms with Gasteiger partial charge >= 0.3 is 0 Å². The number of carbonyl (C=O) groups excluding carboxylic acids is 1. The van der Waals surface area contributed by atoms with Crippen molar-refractivity contribution in [2.24, 2.45) is 0 Å². The summed E-state index contributed by atoms with van der Waals surface area (Å²) < 4.78 is 17.3. The first kappa shape index (κ1) is 20.1. The van der Waals surface area contributed by atoms with Crippen LogP contribution in [0.25, 0.3) is 0 Å². The van der Waals surface area contributed by atoms with E-state index < -0.39 is 0 Å². The lowest BCUT2D eigenvalue weighted by atomic mass is 10.0. The van der Waals surface area contributed by atoms with Crippen molar-refractivity contribution in [2.45, 2.75) is 26.7 Å². The van der Waals surface area contributed by atoms with Gasteiger partial charge in [0.25, 0.3) is 5.91 Å². The van der Waals surface area contributed by atoms with Gasteiger partial charge in [-0.15, -0.1) is 0 Å². The third kappa shape index (κ3) is 4.91. The molecule has 0 bridgehead atoms. The van der Waals surface area contributed by atoms with Gasteiger partial charge < -0.3 is 19.5 Å². The van der Waals surface area contributed by atoms with Gasteiger partial charge in [-0.3, -0.25) is 4.79 Å². The third-order valence-corrected chi connectivity index (χ3v) is 4.81. The van der Waals surface area contributed by atoms with Crippen molar-refractivity contribution in [3.63, 3.8) is 0 Å². The summed E-state index contributed by atoms with van der Waals surface area (Å²) >= 11 is 3.54. The molecule has 0 radical (unpaired) electrons. The first-order valence-electron chi connectivity index (χ1n) is 8.30. The van der Waals surface area contributed by atoms with Crippen LogP contribution < -0.4 is 19.5 Å². The molecule has 1 N–H and O–H groups in total. The van der Waals surface area contributed by atoms with Gasteiger partial charge in [0.1, 0.15) is 17.2 Å². The first-order chi connectivity index (χ1) is 12.3. The monoisotopic (exact) mass is 421 g/mol. The molecule has 0 atom stereocenters. The number of hydrogen-bond acceptors (Lipinski definition) is 4. The van der Waals surface area contributed by atoms with Crippen LogP contribution in [-0.2, 0) is 4.79 Å². The topological polar surface area (TPSA) is 56.8 Å². The molecular weight excluding hydrogens is 398 g/mol. The Hall–Kier alpha value is -2.21. The molecule has 0 fully saturated rings. The number of methoxy groups -OCH3 is 2. The van der Waals surface area contributed by atoms with Crippen LogP contribution in [0.4, 0.5) is 5.69 Å². The highest BCUT2D eigenvalue weighted by Crippen LogP contribution is 2.32. The second-order valence-electron chi connectivity index (χ2n) is 6.20. The number of anilines is 1. The Kier molecular flexibility index (Phi) is 6.91. The highest BCUT2D eigenvalue weighted by molar-refractivity contribution is 9.10. The van der Waals surface area contributed by atoms with Gasteiger partial charge in [0, 0.05) is 10.5 Å². The van der Waals surface area contributed by atoms with Crippen molar-refractivity contribution < 1.29 is 19.0 Å². The Morgan fingerprint density at radius 3 is 2.46 bits per heavy atom. The highest BCUT2D eigenvalue weighted by atomic mass is 79.9. The van der Waals surface area contributed by atoms with Gasteiger partial charge in [-0.25, -0.2) is 0 Å². The second-order valence-corrected chi connectivity index (χ2v) is 7.05. The number of ether oxygens (including phenoxy) is 3. The summed E-state index contributed by atoms with van der Waals surface area (Å²) in [5, 5.41) is 2.80. The summed E-state index contributed by atoms with van der Waals surface area (Å²) in [6.07, 6.45) is 0. The van der Waals surface area contributed by atoms with Crippen molar-refractivity contribution in [3.05, 3.63) is 45.9 Å². The van der Waals surface area contributed by atoms with E-state index in [1.807, 2.05) is 19.1 Å². The Morgan fingerprint density at radius 2 is 1.85 bits per heavy atom. The van der Waals surface area contributed by atoms with Crippen LogP contribution in [0.1, 0.15) is 30.9 Å². The molecule has 0 aliphatic rings. The standard InChI is InChI=1S/C20H24BrNO4/c1-12(2)15-10-16(21)13(3)8-19(15)26-11-20(23)22-17-9-14(24-4)6-7-18(17)25-5/h6-10,12H,11H2,1-5H3,(H,22,23). The number of rotatable bonds is 7. The maximum atomic E-state index is 12.3. The summed E-state index contributed by atoms with van der Waals surface area (Å²) in [6.45, 7) is 6.07. The average molecular weight is 422 g/mol. The zero-order valence-corrected chi connectivity index (χ0v) is 17.3. The fourth-order valence-corrected chi connectivity index (χ4v) is 2.85. The maximum absolute atomic E-state index is 12.3. The van der Waals surface area contributed by atoms with Crippen LogP contribution >= 0.6 is 15.9 Å². The number of aryl methyl sites for hydroxylation is 1. The van der Waals surface area contributed by atoms with Crippen LogP contribution in [0.2, 0.25) is 0 Å². The molecule has 26 heavy (non-hydrogen) atoms. The van der Waals surface area contributed by atoms with Gasteiger partial charge in [0.2, 0.25) is 0 Å². The fraction of sp³-hybridized carbons (Fsp3) is 0.350. The van der Waals surface area contributed by atoms with Gasteiger partial charge in [-0.2, -0.15) is 0 Å². The smallest absolute Gasteiger partial charge is 0.262 e. The average Bonchev–Trinajstić information content (AvgIpc) is 2.62. The number of amides is 1. The Bertz CT molecular complexity index is 790. The highest BCUT2D eigenvalue weighted by Gasteiger charge is 2.14. The summed E-state index contributed by atoms with van der Waals surface area (Å²) in [4.78, 5) is 12.3. The van der Waals surface area contributed by atoms with Crippen molar-refractivity contribution in [3.8, 4) is 17.2 Å². The van der Waals surface area contributed by atoms with Gasteiger partial charge in [0.05, 0.1) is 19.9 Å². The molecule has 1 amide bonds. The number of halogens is 1. The molecule has 0 aliphatic carbocycles. The molecule has 140 valence electrons. The van der Waals surface area contributed by atoms with Gasteiger partial charge in [0.15, 0.2) is 6.61 Å². The summed E-state index contributed by atoms with van der Waals surface area (Å²) in [5.41, 5.74) is 2.64. The molecule has 0 saturated heterocycles. The molecule has 0 spiro atoms. The molecule has 0 heterocycles. The summed E-state index contributed by atoms with van der Waals surface area (Å²) in [5.74, 6) is 1.91. The van der Waals surface area contributed by atoms with Crippen molar-refractivity contribution in [1.29, 1.82) is 0 Å². The van der Waals surface area contributed by atoms with E-state index in [0.29, 0.717) is 22.9 Å². The molecule has 6 heteroatoms. The molecule has 5 nitrogen and oxygen atoms in total. The number of hydrogen-bond donors (Lipinski definition) is 1. The van der Waals surface area contributed by atoms with E-state index in [1.165, 1.54) is 0 Å². The van der Waals surface area contributed by atoms with Crippen LogP contribution in [-0.4, -0.2) is 26.7 Å². The van der Waals surface area contributed by atoms with Crippen LogP contribution in [0.5, 0.6) is 17.2 Å². The third-order valence-electron chi connectivity index (χ3n) is 3.95. The normalized spacial score (nSPS) is 10.6. The van der Waals surface area contributed by atoms with E-state index in [1.54, 1.807) is 32.4 Å². The fourth-order valence-electron chi connectivity index (χ4n) is 2.49. The zero-order chi connectivity index (χ0) is 19.3. The Balaban J connectivity index is 2.11. The number of benzene rings is 2. The molecule has 0 aromatic heterocycles. The lowest BCUT2D eigenvalue weighted by Gasteiger charge is -2.16. The van der Waals surface area contributed by atoms with E-state index in [0.717, 1.165) is 15.6 Å². The molecule has 2 aromatic rings. The largest absolute Gasteiger partial charge is 0.497 e. The molecule has 0 aliphatic heterocycles. The van der Waals surface area contributed by atoms with Crippen molar-refractivity contribution >= 4 is 27.5 Å². The number of nitrogens with one attached hydrogen (secondary N) is 1. The molecule has 0 unspecified atom stereocenters. The minimum absolute atomic E-state index is 0.0961. The van der Waals surface area contributed by atoms with Crippen LogP contribution in [0.15, 0.2) is 34.8 Å². The molecule has 2 aromatic carbocycles. The SMILES string of the molecule is COc1ccc(OC)c(NC(=O)COc2cc(C)c(Br)cc2C(C)C)c1. The predicted molar refractivity (Wildman–Crippen MR) is 107 cm³/mol. The Morgan fingerprint density at radius 1 is 1.12 bits per heavy atom.